The van der Waals surface area contributed by atoms with Gasteiger partial charge in [-0.15, -0.1) is 0 Å². The molecule has 0 radical (unpaired) electrons. The molecule has 0 heterocycles. The lowest BCUT2D eigenvalue weighted by molar-refractivity contribution is -0.244. The van der Waals surface area contributed by atoms with Crippen molar-refractivity contribution in [3.63, 3.8) is 0 Å². The molecule has 198 valence electrons. The molecule has 3 heteroatoms. The van der Waals surface area contributed by atoms with E-state index in [1.807, 2.05) is 0 Å². The monoisotopic (exact) mass is 476 g/mol. The van der Waals surface area contributed by atoms with Crippen LogP contribution in [0, 0.1) is 50.7 Å². The molecule has 0 bridgehead atoms. The molecule has 4 saturated carbocycles. The minimum Gasteiger partial charge on any atom is -0.393 e. The highest BCUT2D eigenvalue weighted by atomic mass is 16.3. The van der Waals surface area contributed by atoms with Crippen molar-refractivity contribution in [2.24, 2.45) is 50.7 Å². The highest BCUT2D eigenvalue weighted by Gasteiger charge is 2.71. The van der Waals surface area contributed by atoms with Crippen LogP contribution in [0.3, 0.4) is 0 Å². The molecule has 0 aromatic rings. The number of hydrogen-bond acceptors (Lipinski definition) is 3. The topological polar surface area (TPSA) is 60.7 Å². The molecular weight excluding hydrogens is 420 g/mol. The largest absolute Gasteiger partial charge is 0.393 e. The Morgan fingerprint density at radius 1 is 0.735 bits per heavy atom. The first-order valence-electron chi connectivity index (χ1n) is 14.5. The van der Waals surface area contributed by atoms with E-state index in [0.29, 0.717) is 45.8 Å². The normalized spacial score (nSPS) is 50.1. The van der Waals surface area contributed by atoms with Crippen LogP contribution in [0.25, 0.3) is 0 Å². The Balaban J connectivity index is 1.59. The number of fused-ring (bicyclic) bond motifs is 5. The fraction of sp³-hybridized carbons (Fsp3) is 1.00. The van der Waals surface area contributed by atoms with E-state index in [-0.39, 0.29) is 11.5 Å². The lowest BCUT2D eigenvalue weighted by Crippen LogP contribution is -2.66. The van der Waals surface area contributed by atoms with Crippen LogP contribution in [0.1, 0.15) is 127 Å². The average molecular weight is 477 g/mol. The zero-order valence-corrected chi connectivity index (χ0v) is 23.9. The molecule has 34 heavy (non-hydrogen) atoms. The van der Waals surface area contributed by atoms with Crippen LogP contribution in [0.15, 0.2) is 0 Å². The molecule has 0 aliphatic heterocycles. The highest BCUT2D eigenvalue weighted by Crippen LogP contribution is 2.78. The van der Waals surface area contributed by atoms with Gasteiger partial charge in [-0.05, 0) is 129 Å². The lowest BCUT2D eigenvalue weighted by Gasteiger charge is -2.72. The maximum absolute atomic E-state index is 10.9. The molecule has 10 atom stereocenters. The van der Waals surface area contributed by atoms with E-state index in [4.69, 9.17) is 0 Å². The summed E-state index contributed by atoms with van der Waals surface area (Å²) in [6, 6.07) is 0. The molecule has 0 spiro atoms. The second-order valence-corrected chi connectivity index (χ2v) is 15.6. The van der Waals surface area contributed by atoms with Gasteiger partial charge in [0.15, 0.2) is 0 Å². The van der Waals surface area contributed by atoms with Crippen molar-refractivity contribution in [3.05, 3.63) is 0 Å². The van der Waals surface area contributed by atoms with Gasteiger partial charge in [-0.3, -0.25) is 0 Å². The van der Waals surface area contributed by atoms with Crippen LogP contribution in [-0.4, -0.2) is 33.1 Å². The van der Waals surface area contributed by atoms with Gasteiger partial charge in [0.05, 0.1) is 17.8 Å². The molecule has 0 unspecified atom stereocenters. The summed E-state index contributed by atoms with van der Waals surface area (Å²) >= 11 is 0. The maximum atomic E-state index is 10.9. The van der Waals surface area contributed by atoms with Gasteiger partial charge in [-0.2, -0.15) is 0 Å². The number of rotatable bonds is 5. The predicted molar refractivity (Wildman–Crippen MR) is 140 cm³/mol. The number of hydrogen-bond donors (Lipinski definition) is 3. The molecule has 4 fully saturated rings. The first kappa shape index (κ1) is 26.9. The second kappa shape index (κ2) is 8.19. The van der Waals surface area contributed by atoms with Crippen LogP contribution in [0.2, 0.25) is 0 Å². The number of aliphatic hydroxyl groups is 3. The fourth-order valence-corrected chi connectivity index (χ4v) is 10.9. The zero-order valence-electron chi connectivity index (χ0n) is 23.9. The molecular formula is C31H56O3. The minimum absolute atomic E-state index is 0.0106. The Morgan fingerprint density at radius 3 is 1.85 bits per heavy atom. The van der Waals surface area contributed by atoms with Crippen LogP contribution in [0.5, 0.6) is 0 Å². The molecule has 0 aromatic carbocycles. The van der Waals surface area contributed by atoms with Crippen molar-refractivity contribution in [2.75, 3.05) is 0 Å². The Labute approximate surface area is 210 Å². The third-order valence-electron chi connectivity index (χ3n) is 13.7. The smallest absolute Gasteiger partial charge is 0.0849 e. The SMILES string of the molecule is C[C@H](CC[C@@H](O)C(C)(C)O)[C@H]1CC[C@@]2(C)[C@@H]3CC[C@H]4C(C)(C)[C@@H](O)CC[C@]4(C)[C@]3(C)CC[C@]12C. The molecule has 3 nitrogen and oxygen atoms in total. The van der Waals surface area contributed by atoms with Crippen molar-refractivity contribution >= 4 is 0 Å². The van der Waals surface area contributed by atoms with Gasteiger partial charge in [0.2, 0.25) is 0 Å². The zero-order chi connectivity index (χ0) is 25.5. The molecule has 4 aliphatic rings. The van der Waals surface area contributed by atoms with Crippen molar-refractivity contribution in [3.8, 4) is 0 Å². The van der Waals surface area contributed by atoms with E-state index in [1.54, 1.807) is 13.8 Å². The molecule has 3 N–H and O–H groups in total. The third-order valence-corrected chi connectivity index (χ3v) is 13.7. The summed E-state index contributed by atoms with van der Waals surface area (Å²) in [4.78, 5) is 0. The van der Waals surface area contributed by atoms with E-state index >= 15 is 0 Å². The molecule has 0 saturated heterocycles. The second-order valence-electron chi connectivity index (χ2n) is 15.6. The standard InChI is InChI=1S/C31H56O3/c1-20(10-13-25(33)27(4,5)34)21-14-16-30(8)23-12-11-22-26(2,3)24(32)15-17-29(22,7)31(23,9)19-18-28(21,30)6/h20-25,32-34H,10-19H2,1-9H3/t20-,21-,22+,23+,24+,25-,28-,29+,30+,31-/m1/s1. The first-order valence-corrected chi connectivity index (χ1v) is 14.5. The van der Waals surface area contributed by atoms with E-state index in [2.05, 4.69) is 48.5 Å². The quantitative estimate of drug-likeness (QED) is 0.401. The van der Waals surface area contributed by atoms with Crippen LogP contribution in [0.4, 0.5) is 0 Å². The summed E-state index contributed by atoms with van der Waals surface area (Å²) in [6.45, 7) is 21.1. The van der Waals surface area contributed by atoms with Crippen LogP contribution in [-0.2, 0) is 0 Å². The van der Waals surface area contributed by atoms with E-state index < -0.39 is 11.7 Å². The fourth-order valence-electron chi connectivity index (χ4n) is 10.9. The highest BCUT2D eigenvalue weighted by molar-refractivity contribution is 5.20. The van der Waals surface area contributed by atoms with Crippen molar-refractivity contribution in [1.82, 2.24) is 0 Å². The molecule has 0 amide bonds. The Kier molecular flexibility index (Phi) is 6.49. The summed E-state index contributed by atoms with van der Waals surface area (Å²) in [5.41, 5.74) is 0.359. The van der Waals surface area contributed by atoms with Gasteiger partial charge in [0.1, 0.15) is 0 Å². The van der Waals surface area contributed by atoms with Gasteiger partial charge < -0.3 is 15.3 Å². The van der Waals surface area contributed by atoms with Crippen molar-refractivity contribution in [2.45, 2.75) is 144 Å². The van der Waals surface area contributed by atoms with E-state index in [0.717, 1.165) is 18.8 Å². The summed E-state index contributed by atoms with van der Waals surface area (Å²) < 4.78 is 0. The van der Waals surface area contributed by atoms with Crippen LogP contribution >= 0.6 is 0 Å². The summed E-state index contributed by atoms with van der Waals surface area (Å²) in [7, 11) is 0. The summed E-state index contributed by atoms with van der Waals surface area (Å²) in [5, 5.41) is 31.6. The maximum Gasteiger partial charge on any atom is 0.0849 e. The van der Waals surface area contributed by atoms with Gasteiger partial charge in [-0.25, -0.2) is 0 Å². The van der Waals surface area contributed by atoms with E-state index in [1.165, 1.54) is 44.9 Å². The molecule has 0 aromatic heterocycles. The Morgan fingerprint density at radius 2 is 1.24 bits per heavy atom. The van der Waals surface area contributed by atoms with Gasteiger partial charge >= 0.3 is 0 Å². The van der Waals surface area contributed by atoms with Gasteiger partial charge in [-0.1, -0.05) is 48.5 Å². The van der Waals surface area contributed by atoms with E-state index in [9.17, 15) is 15.3 Å². The van der Waals surface area contributed by atoms with Crippen molar-refractivity contribution < 1.29 is 15.3 Å². The number of aliphatic hydroxyl groups excluding tert-OH is 2. The molecule has 4 aliphatic carbocycles. The summed E-state index contributed by atoms with van der Waals surface area (Å²) in [6.07, 6.45) is 10.9. The van der Waals surface area contributed by atoms with Gasteiger partial charge in [0, 0.05) is 0 Å². The Bertz CT molecular complexity index is 769. The van der Waals surface area contributed by atoms with Gasteiger partial charge in [0.25, 0.3) is 0 Å². The third kappa shape index (κ3) is 3.52. The van der Waals surface area contributed by atoms with Crippen LogP contribution < -0.4 is 0 Å². The molecule has 4 rings (SSSR count). The average Bonchev–Trinajstić information content (AvgIpc) is 3.01. The first-order chi connectivity index (χ1) is 15.4. The summed E-state index contributed by atoms with van der Waals surface area (Å²) in [5.74, 6) is 2.64. The predicted octanol–water partition coefficient (Wildman–Crippen LogP) is 6.97. The lowest BCUT2D eigenvalue weighted by atomic mass is 9.33. The van der Waals surface area contributed by atoms with Crippen molar-refractivity contribution in [1.29, 1.82) is 0 Å². The Hall–Kier alpha value is -0.120. The minimum atomic E-state index is -1.02.